The van der Waals surface area contributed by atoms with Crippen LogP contribution in [0, 0.1) is 0 Å². The van der Waals surface area contributed by atoms with Gasteiger partial charge in [-0.1, -0.05) is 31.2 Å². The Kier molecular flexibility index (Phi) is 6.03. The van der Waals surface area contributed by atoms with Gasteiger partial charge >= 0.3 is 0 Å². The Morgan fingerprint density at radius 3 is 2.25 bits per heavy atom. The molecule has 0 unspecified atom stereocenters. The van der Waals surface area contributed by atoms with Gasteiger partial charge in [0, 0.05) is 38.8 Å². The number of anilines is 1. The van der Waals surface area contributed by atoms with Crippen LogP contribution in [-0.4, -0.2) is 58.7 Å². The molecule has 7 heteroatoms. The molecule has 2 heterocycles. The Labute approximate surface area is 164 Å². The number of nitrogens with one attached hydrogen (secondary N) is 1. The number of amides is 3. The molecular weight excluding hydrogens is 356 g/mol. The van der Waals surface area contributed by atoms with E-state index in [1.54, 1.807) is 28.0 Å². The number of aryl methyl sites for hydroxylation is 1. The van der Waals surface area contributed by atoms with E-state index in [0.717, 1.165) is 17.7 Å². The van der Waals surface area contributed by atoms with Crippen molar-refractivity contribution in [1.82, 2.24) is 14.8 Å². The van der Waals surface area contributed by atoms with Gasteiger partial charge in [-0.3, -0.25) is 14.4 Å². The molecule has 0 radical (unpaired) electrons. The van der Waals surface area contributed by atoms with E-state index in [4.69, 9.17) is 0 Å². The fourth-order valence-corrected chi connectivity index (χ4v) is 3.20. The van der Waals surface area contributed by atoms with Crippen molar-refractivity contribution < 1.29 is 14.4 Å². The number of rotatable bonds is 4. The monoisotopic (exact) mass is 380 g/mol. The zero-order chi connectivity index (χ0) is 20.1. The second kappa shape index (κ2) is 8.65. The minimum Gasteiger partial charge on any atom is -0.339 e. The molecule has 146 valence electrons. The summed E-state index contributed by atoms with van der Waals surface area (Å²) in [5.41, 5.74) is 2.20. The molecule has 3 amide bonds. The van der Waals surface area contributed by atoms with E-state index in [9.17, 15) is 14.4 Å². The summed E-state index contributed by atoms with van der Waals surface area (Å²) in [6.07, 6.45) is 0.800. The molecule has 0 aliphatic carbocycles. The zero-order valence-corrected chi connectivity index (χ0v) is 16.1. The summed E-state index contributed by atoms with van der Waals surface area (Å²) in [6, 6.07) is 12.5. The second-order valence-electron chi connectivity index (χ2n) is 6.67. The van der Waals surface area contributed by atoms with Crippen LogP contribution in [0.2, 0.25) is 0 Å². The zero-order valence-electron chi connectivity index (χ0n) is 16.1. The van der Waals surface area contributed by atoms with Crippen molar-refractivity contribution in [3.63, 3.8) is 0 Å². The fraction of sp³-hybridized carbons (Fsp3) is 0.333. The lowest BCUT2D eigenvalue weighted by molar-refractivity contribution is -0.130. The first-order chi connectivity index (χ1) is 13.5. The summed E-state index contributed by atoms with van der Waals surface area (Å²) in [5, 5.41) is 2.87. The smallest absolute Gasteiger partial charge is 0.274 e. The first-order valence-corrected chi connectivity index (χ1v) is 9.40. The number of aromatic nitrogens is 1. The molecule has 0 spiro atoms. The van der Waals surface area contributed by atoms with Gasteiger partial charge < -0.3 is 15.1 Å². The van der Waals surface area contributed by atoms with Crippen molar-refractivity contribution in [1.29, 1.82) is 0 Å². The lowest BCUT2D eigenvalue weighted by Gasteiger charge is -2.34. The minimum atomic E-state index is -0.350. The third-order valence-electron chi connectivity index (χ3n) is 4.86. The van der Waals surface area contributed by atoms with Gasteiger partial charge in [-0.2, -0.15) is 0 Å². The highest BCUT2D eigenvalue weighted by Gasteiger charge is 2.24. The summed E-state index contributed by atoms with van der Waals surface area (Å²) in [5.74, 6) is -0.569. The number of piperazine rings is 1. The van der Waals surface area contributed by atoms with E-state index in [1.165, 1.54) is 6.92 Å². The van der Waals surface area contributed by atoms with E-state index in [-0.39, 0.29) is 29.1 Å². The molecule has 1 aliphatic rings. The normalized spacial score (nSPS) is 13.9. The standard InChI is InChI=1S/C21H24N4O3/c1-3-16-7-4-5-8-17(16)23-20(27)18-9-6-10-19(22-18)21(28)25-13-11-24(12-14-25)15(2)26/h4-10H,3,11-14H2,1-2H3,(H,23,27). The Bertz CT molecular complexity index is 889. The highest BCUT2D eigenvalue weighted by atomic mass is 16.2. The van der Waals surface area contributed by atoms with E-state index in [2.05, 4.69) is 10.3 Å². The molecule has 3 rings (SSSR count). The van der Waals surface area contributed by atoms with Crippen molar-refractivity contribution in [3.8, 4) is 0 Å². The van der Waals surface area contributed by atoms with Gasteiger partial charge in [0.05, 0.1) is 0 Å². The quantitative estimate of drug-likeness (QED) is 0.882. The van der Waals surface area contributed by atoms with Crippen LogP contribution in [0.4, 0.5) is 5.69 Å². The number of benzene rings is 1. The highest BCUT2D eigenvalue weighted by molar-refractivity contribution is 6.04. The van der Waals surface area contributed by atoms with Crippen molar-refractivity contribution in [2.75, 3.05) is 31.5 Å². The van der Waals surface area contributed by atoms with Crippen LogP contribution in [0.25, 0.3) is 0 Å². The topological polar surface area (TPSA) is 82.6 Å². The summed E-state index contributed by atoms with van der Waals surface area (Å²) >= 11 is 0. The van der Waals surface area contributed by atoms with E-state index in [1.807, 2.05) is 31.2 Å². The number of carbonyl (C=O) groups excluding carboxylic acids is 3. The maximum Gasteiger partial charge on any atom is 0.274 e. The molecule has 1 saturated heterocycles. The third-order valence-corrected chi connectivity index (χ3v) is 4.86. The average Bonchev–Trinajstić information content (AvgIpc) is 2.73. The second-order valence-corrected chi connectivity index (χ2v) is 6.67. The van der Waals surface area contributed by atoms with Gasteiger partial charge in [-0.05, 0) is 30.2 Å². The summed E-state index contributed by atoms with van der Waals surface area (Å²) in [7, 11) is 0. The predicted molar refractivity (Wildman–Crippen MR) is 106 cm³/mol. The molecular formula is C21H24N4O3. The molecule has 1 aliphatic heterocycles. The molecule has 1 aromatic heterocycles. The predicted octanol–water partition coefficient (Wildman–Crippen LogP) is 2.20. The molecule has 1 aromatic carbocycles. The lowest BCUT2D eigenvalue weighted by Crippen LogP contribution is -2.50. The van der Waals surface area contributed by atoms with Crippen LogP contribution in [-0.2, 0) is 11.2 Å². The Morgan fingerprint density at radius 2 is 1.57 bits per heavy atom. The molecule has 0 atom stereocenters. The number of para-hydroxylation sites is 1. The largest absolute Gasteiger partial charge is 0.339 e. The van der Waals surface area contributed by atoms with E-state index >= 15 is 0 Å². The van der Waals surface area contributed by atoms with Crippen LogP contribution < -0.4 is 5.32 Å². The number of pyridine rings is 1. The van der Waals surface area contributed by atoms with Crippen molar-refractivity contribution in [2.45, 2.75) is 20.3 Å². The van der Waals surface area contributed by atoms with Gasteiger partial charge in [0.2, 0.25) is 5.91 Å². The van der Waals surface area contributed by atoms with Gasteiger partial charge in [0.1, 0.15) is 11.4 Å². The van der Waals surface area contributed by atoms with Crippen LogP contribution >= 0.6 is 0 Å². The van der Waals surface area contributed by atoms with Crippen molar-refractivity contribution in [3.05, 3.63) is 59.4 Å². The van der Waals surface area contributed by atoms with Crippen LogP contribution in [0.3, 0.4) is 0 Å². The molecule has 7 nitrogen and oxygen atoms in total. The molecule has 0 saturated carbocycles. The van der Waals surface area contributed by atoms with Crippen LogP contribution in [0.15, 0.2) is 42.5 Å². The maximum atomic E-state index is 12.7. The number of hydrogen-bond donors (Lipinski definition) is 1. The summed E-state index contributed by atoms with van der Waals surface area (Å²) < 4.78 is 0. The Morgan fingerprint density at radius 1 is 0.929 bits per heavy atom. The lowest BCUT2D eigenvalue weighted by atomic mass is 10.1. The first-order valence-electron chi connectivity index (χ1n) is 9.40. The van der Waals surface area contributed by atoms with Gasteiger partial charge in [-0.15, -0.1) is 0 Å². The highest BCUT2D eigenvalue weighted by Crippen LogP contribution is 2.16. The minimum absolute atomic E-state index is 0.0104. The van der Waals surface area contributed by atoms with Crippen LogP contribution in [0.5, 0.6) is 0 Å². The SMILES string of the molecule is CCc1ccccc1NC(=O)c1cccc(C(=O)N2CCN(C(C)=O)CC2)n1. The van der Waals surface area contributed by atoms with Gasteiger partial charge in [-0.25, -0.2) is 4.98 Å². The van der Waals surface area contributed by atoms with Gasteiger partial charge in [0.15, 0.2) is 0 Å². The Hall–Kier alpha value is -3.22. The third kappa shape index (κ3) is 4.36. The molecule has 28 heavy (non-hydrogen) atoms. The molecule has 0 bridgehead atoms. The maximum absolute atomic E-state index is 12.7. The summed E-state index contributed by atoms with van der Waals surface area (Å²) in [6.45, 7) is 5.48. The van der Waals surface area contributed by atoms with Crippen molar-refractivity contribution >= 4 is 23.4 Å². The molecule has 2 aromatic rings. The summed E-state index contributed by atoms with van der Waals surface area (Å²) in [4.78, 5) is 44.4. The van der Waals surface area contributed by atoms with Crippen molar-refractivity contribution in [2.24, 2.45) is 0 Å². The molecule has 1 fully saturated rings. The van der Waals surface area contributed by atoms with E-state index < -0.39 is 0 Å². The number of carbonyl (C=O) groups is 3. The van der Waals surface area contributed by atoms with Gasteiger partial charge in [0.25, 0.3) is 11.8 Å². The number of hydrogen-bond acceptors (Lipinski definition) is 4. The van der Waals surface area contributed by atoms with E-state index in [0.29, 0.717) is 26.2 Å². The number of nitrogens with zero attached hydrogens (tertiary/aromatic N) is 3. The Balaban J connectivity index is 1.70. The van der Waals surface area contributed by atoms with Crippen LogP contribution in [0.1, 0.15) is 40.4 Å². The molecule has 1 N–H and O–H groups in total. The average molecular weight is 380 g/mol. The first kappa shape index (κ1) is 19.5. The fourth-order valence-electron chi connectivity index (χ4n) is 3.20.